The Bertz CT molecular complexity index is 1150. The summed E-state index contributed by atoms with van der Waals surface area (Å²) in [5, 5.41) is 9.83. The molecule has 1 N–H and O–H groups in total. The fourth-order valence-corrected chi connectivity index (χ4v) is 6.95. The number of aliphatic hydroxyl groups excluding tert-OH is 1. The van der Waals surface area contributed by atoms with E-state index in [9.17, 15) is 18.3 Å². The van der Waals surface area contributed by atoms with E-state index in [0.717, 1.165) is 56.1 Å². The van der Waals surface area contributed by atoms with Crippen LogP contribution in [0, 0.1) is 36.1 Å². The van der Waals surface area contributed by atoms with Crippen molar-refractivity contribution in [3.8, 4) is 0 Å². The van der Waals surface area contributed by atoms with Crippen LogP contribution in [0.3, 0.4) is 0 Å². The second-order valence-electron chi connectivity index (χ2n) is 9.84. The summed E-state index contributed by atoms with van der Waals surface area (Å²) in [5.74, 6) is -2.92. The van der Waals surface area contributed by atoms with Crippen molar-refractivity contribution in [3.63, 3.8) is 0 Å². The van der Waals surface area contributed by atoms with Gasteiger partial charge in [-0.2, -0.15) is 0 Å². The molecule has 182 valence electrons. The number of benzene rings is 2. The molecule has 2 nitrogen and oxygen atoms in total. The van der Waals surface area contributed by atoms with Gasteiger partial charge in [-0.25, -0.2) is 17.6 Å². The van der Waals surface area contributed by atoms with Gasteiger partial charge in [-0.3, -0.25) is 4.90 Å². The molecular weight excluding hydrogens is 462 g/mol. The van der Waals surface area contributed by atoms with Gasteiger partial charge in [0, 0.05) is 35.2 Å². The molecule has 2 fully saturated rings. The summed E-state index contributed by atoms with van der Waals surface area (Å²) in [6.45, 7) is 5.09. The van der Waals surface area contributed by atoms with Crippen molar-refractivity contribution in [3.05, 3.63) is 63.7 Å². The highest BCUT2D eigenvalue weighted by Gasteiger charge is 2.35. The van der Waals surface area contributed by atoms with Crippen LogP contribution >= 0.6 is 11.8 Å². The van der Waals surface area contributed by atoms with Gasteiger partial charge in [-0.15, -0.1) is 0 Å². The molecule has 0 bridgehead atoms. The molecule has 2 aromatic carbocycles. The third-order valence-corrected chi connectivity index (χ3v) is 9.07. The summed E-state index contributed by atoms with van der Waals surface area (Å²) in [7, 11) is 0. The van der Waals surface area contributed by atoms with Crippen molar-refractivity contribution in [2.75, 3.05) is 13.1 Å². The minimum absolute atomic E-state index is 0.0993. The maximum atomic E-state index is 15.4. The summed E-state index contributed by atoms with van der Waals surface area (Å²) in [6, 6.07) is 4.67. The number of likely N-dealkylation sites (tertiary alicyclic amines) is 1. The molecule has 2 aliphatic heterocycles. The highest BCUT2D eigenvalue weighted by atomic mass is 32.2. The van der Waals surface area contributed by atoms with Crippen LogP contribution in [0.2, 0.25) is 0 Å². The van der Waals surface area contributed by atoms with Crippen molar-refractivity contribution in [1.29, 1.82) is 0 Å². The first-order chi connectivity index (χ1) is 16.3. The molecule has 0 amide bonds. The normalized spacial score (nSPS) is 24.1. The zero-order valence-electron chi connectivity index (χ0n) is 19.4. The van der Waals surface area contributed by atoms with Crippen molar-refractivity contribution in [1.82, 2.24) is 4.90 Å². The smallest absolute Gasteiger partial charge is 0.173 e. The molecule has 3 aliphatic rings. The molecule has 1 saturated heterocycles. The van der Waals surface area contributed by atoms with Gasteiger partial charge in [0.1, 0.15) is 11.6 Å². The standard InChI is InChI=1S/C27H29F4NOS/c1-14-24(29)23-22(20-8-5-18(28)13-21(20)34-27(23)26(31)25(14)30)17-9-11-32(12-10-17)15(2)16-3-6-19(33)7-4-16/h5,8,13,15-16,19,33H,3-4,6-7,9-12H2,1-2H3. The first-order valence-electron chi connectivity index (χ1n) is 12.1. The molecule has 2 aromatic rings. The highest BCUT2D eigenvalue weighted by Crippen LogP contribution is 2.51. The van der Waals surface area contributed by atoms with E-state index >= 15 is 4.39 Å². The van der Waals surface area contributed by atoms with Crippen LogP contribution in [-0.2, 0) is 0 Å². The van der Waals surface area contributed by atoms with Crippen LogP contribution in [0.25, 0.3) is 5.57 Å². The Morgan fingerprint density at radius 2 is 1.65 bits per heavy atom. The lowest BCUT2D eigenvalue weighted by molar-refractivity contribution is 0.0653. The number of nitrogens with zero attached hydrogens (tertiary/aromatic N) is 1. The molecule has 5 rings (SSSR count). The molecule has 0 aromatic heterocycles. The third-order valence-electron chi connectivity index (χ3n) is 7.93. The monoisotopic (exact) mass is 491 g/mol. The minimum Gasteiger partial charge on any atom is -0.393 e. The number of aliphatic hydroxyl groups is 1. The van der Waals surface area contributed by atoms with Crippen molar-refractivity contribution >= 4 is 17.3 Å². The lowest BCUT2D eigenvalue weighted by atomic mass is 9.81. The fourth-order valence-electron chi connectivity index (χ4n) is 5.81. The van der Waals surface area contributed by atoms with Gasteiger partial charge in [0.25, 0.3) is 0 Å². The van der Waals surface area contributed by atoms with Crippen LogP contribution in [0.5, 0.6) is 0 Å². The van der Waals surface area contributed by atoms with Gasteiger partial charge >= 0.3 is 0 Å². The molecule has 1 saturated carbocycles. The van der Waals surface area contributed by atoms with E-state index in [0.29, 0.717) is 40.8 Å². The fraction of sp³-hybridized carbons (Fsp3) is 0.481. The van der Waals surface area contributed by atoms with Gasteiger partial charge in [0.2, 0.25) is 0 Å². The average molecular weight is 492 g/mol. The van der Waals surface area contributed by atoms with Crippen LogP contribution < -0.4 is 0 Å². The molecule has 1 unspecified atom stereocenters. The third kappa shape index (κ3) is 4.10. The highest BCUT2D eigenvalue weighted by molar-refractivity contribution is 7.99. The maximum Gasteiger partial charge on any atom is 0.173 e. The Kier molecular flexibility index (Phi) is 6.55. The first kappa shape index (κ1) is 23.9. The number of hydrogen-bond acceptors (Lipinski definition) is 3. The van der Waals surface area contributed by atoms with Gasteiger partial charge in [0.15, 0.2) is 11.6 Å². The van der Waals surface area contributed by atoms with Crippen LogP contribution in [0.1, 0.15) is 62.1 Å². The van der Waals surface area contributed by atoms with Crippen molar-refractivity contribution in [2.45, 2.75) is 74.3 Å². The van der Waals surface area contributed by atoms with Gasteiger partial charge in [-0.05, 0) is 81.6 Å². The van der Waals surface area contributed by atoms with E-state index in [1.165, 1.54) is 19.1 Å². The molecule has 1 atom stereocenters. The largest absolute Gasteiger partial charge is 0.393 e. The number of rotatable bonds is 2. The zero-order valence-corrected chi connectivity index (χ0v) is 20.3. The van der Waals surface area contributed by atoms with Crippen LogP contribution in [0.15, 0.2) is 33.6 Å². The molecule has 1 aliphatic carbocycles. The van der Waals surface area contributed by atoms with Crippen LogP contribution in [-0.4, -0.2) is 35.2 Å². The average Bonchev–Trinajstić information content (AvgIpc) is 2.85. The van der Waals surface area contributed by atoms with E-state index in [2.05, 4.69) is 11.8 Å². The maximum absolute atomic E-state index is 15.4. The number of halogens is 4. The van der Waals surface area contributed by atoms with E-state index in [1.54, 1.807) is 6.07 Å². The zero-order chi connectivity index (χ0) is 24.1. The Morgan fingerprint density at radius 1 is 0.971 bits per heavy atom. The van der Waals surface area contributed by atoms with Crippen molar-refractivity contribution in [2.24, 2.45) is 5.92 Å². The molecule has 0 spiro atoms. The van der Waals surface area contributed by atoms with E-state index in [1.807, 2.05) is 0 Å². The van der Waals surface area contributed by atoms with Gasteiger partial charge in [0.05, 0.1) is 11.0 Å². The van der Waals surface area contributed by atoms with E-state index < -0.39 is 23.3 Å². The van der Waals surface area contributed by atoms with Gasteiger partial charge < -0.3 is 5.11 Å². The summed E-state index contributed by atoms with van der Waals surface area (Å²) < 4.78 is 58.8. The summed E-state index contributed by atoms with van der Waals surface area (Å²) in [5.41, 5.74) is 2.06. The predicted octanol–water partition coefficient (Wildman–Crippen LogP) is 6.85. The molecular formula is C27H29F4NOS. The Labute approximate surface area is 202 Å². The molecule has 7 heteroatoms. The molecule has 2 heterocycles. The Hall–Kier alpha value is -1.83. The second kappa shape index (κ2) is 9.32. The van der Waals surface area contributed by atoms with Crippen molar-refractivity contribution < 1.29 is 22.7 Å². The molecule has 0 radical (unpaired) electrons. The summed E-state index contributed by atoms with van der Waals surface area (Å²) in [4.78, 5) is 2.83. The summed E-state index contributed by atoms with van der Waals surface area (Å²) in [6.07, 6.45) is 4.93. The lowest BCUT2D eigenvalue weighted by Crippen LogP contribution is -2.43. The predicted molar refractivity (Wildman–Crippen MR) is 126 cm³/mol. The van der Waals surface area contributed by atoms with E-state index in [-0.39, 0.29) is 22.1 Å². The SMILES string of the molecule is Cc1c(F)c(F)c2c(c1F)C(=C1CCN(C(C)C3CCC(O)CC3)CC1)c1ccc(F)cc1S2. The second-order valence-corrected chi connectivity index (χ2v) is 10.9. The summed E-state index contributed by atoms with van der Waals surface area (Å²) >= 11 is 0.892. The molecule has 34 heavy (non-hydrogen) atoms. The Balaban J connectivity index is 1.51. The number of piperidine rings is 1. The number of fused-ring (bicyclic) bond motifs is 2. The lowest BCUT2D eigenvalue weighted by Gasteiger charge is -2.40. The van der Waals surface area contributed by atoms with Gasteiger partial charge in [-0.1, -0.05) is 23.4 Å². The quantitative estimate of drug-likeness (QED) is 0.313. The first-order valence-corrected chi connectivity index (χ1v) is 12.9. The number of hydrogen-bond donors (Lipinski definition) is 1. The van der Waals surface area contributed by atoms with Crippen LogP contribution in [0.4, 0.5) is 17.6 Å². The minimum atomic E-state index is -1.19. The topological polar surface area (TPSA) is 23.5 Å². The van der Waals surface area contributed by atoms with E-state index in [4.69, 9.17) is 0 Å². The Morgan fingerprint density at radius 3 is 2.32 bits per heavy atom.